The fourth-order valence-corrected chi connectivity index (χ4v) is 3.03. The van der Waals surface area contributed by atoms with E-state index in [0.29, 0.717) is 5.71 Å². The van der Waals surface area contributed by atoms with Crippen molar-refractivity contribution in [3.63, 3.8) is 0 Å². The van der Waals surface area contributed by atoms with Crippen LogP contribution < -0.4 is 0 Å². The van der Waals surface area contributed by atoms with E-state index < -0.39 is 29.5 Å². The van der Waals surface area contributed by atoms with Crippen LogP contribution in [0.4, 0.5) is 8.78 Å². The normalized spacial score (nSPS) is 18.8. The Balaban J connectivity index is 1.99. The molecule has 2 unspecified atom stereocenters. The van der Waals surface area contributed by atoms with E-state index in [1.807, 2.05) is 60.7 Å². The summed E-state index contributed by atoms with van der Waals surface area (Å²) >= 11 is 0. The monoisotopic (exact) mass is 385 g/mol. The van der Waals surface area contributed by atoms with Gasteiger partial charge in [0, 0.05) is 23.5 Å². The Kier molecular flexibility index (Phi) is 5.64. The average Bonchev–Trinajstić information content (AvgIpc) is 3.24. The molecule has 2 aromatic rings. The summed E-state index contributed by atoms with van der Waals surface area (Å²) in [5, 5.41) is 0. The molecule has 3 nitrogen and oxygen atoms in total. The second-order valence-electron chi connectivity index (χ2n) is 8.16. The molecule has 28 heavy (non-hydrogen) atoms. The van der Waals surface area contributed by atoms with Crippen LogP contribution in [0.25, 0.3) is 0 Å². The number of benzene rings is 2. The lowest BCUT2D eigenvalue weighted by Gasteiger charge is -2.23. The number of hydrogen-bond acceptors (Lipinski definition) is 3. The highest BCUT2D eigenvalue weighted by molar-refractivity contribution is 6.13. The van der Waals surface area contributed by atoms with Crippen molar-refractivity contribution in [3.8, 4) is 0 Å². The third kappa shape index (κ3) is 5.24. The van der Waals surface area contributed by atoms with E-state index in [-0.39, 0.29) is 12.8 Å². The van der Waals surface area contributed by atoms with E-state index in [2.05, 4.69) is 4.99 Å². The molecule has 0 saturated heterocycles. The van der Waals surface area contributed by atoms with Crippen molar-refractivity contribution in [2.75, 3.05) is 0 Å². The maximum absolute atomic E-state index is 13.5. The van der Waals surface area contributed by atoms with Crippen molar-refractivity contribution < 1.29 is 18.3 Å². The summed E-state index contributed by atoms with van der Waals surface area (Å²) in [7, 11) is 0. The van der Waals surface area contributed by atoms with Crippen LogP contribution >= 0.6 is 0 Å². The highest BCUT2D eigenvalue weighted by atomic mass is 19.3. The number of aliphatic imine (C=N–C) groups is 1. The van der Waals surface area contributed by atoms with Gasteiger partial charge in [0.15, 0.2) is 0 Å². The van der Waals surface area contributed by atoms with E-state index in [4.69, 9.17) is 4.74 Å². The molecule has 1 saturated carbocycles. The molecule has 3 rings (SSSR count). The first-order valence-corrected chi connectivity index (χ1v) is 9.45. The lowest BCUT2D eigenvalue weighted by atomic mass is 10.0. The fraction of sp³-hybridized carbons (Fsp3) is 0.391. The minimum absolute atomic E-state index is 0.0227. The molecule has 2 atom stereocenters. The molecule has 0 N–H and O–H groups in total. The lowest BCUT2D eigenvalue weighted by Crippen LogP contribution is -2.32. The van der Waals surface area contributed by atoms with Crippen LogP contribution in [0.15, 0.2) is 65.7 Å². The summed E-state index contributed by atoms with van der Waals surface area (Å²) in [4.78, 5) is 17.4. The molecule has 148 valence electrons. The van der Waals surface area contributed by atoms with Gasteiger partial charge in [-0.2, -0.15) is 0 Å². The van der Waals surface area contributed by atoms with Crippen LogP contribution in [0.3, 0.4) is 0 Å². The summed E-state index contributed by atoms with van der Waals surface area (Å²) < 4.78 is 32.6. The molecule has 0 radical (unpaired) electrons. The van der Waals surface area contributed by atoms with Crippen molar-refractivity contribution in [3.05, 3.63) is 71.8 Å². The van der Waals surface area contributed by atoms with Gasteiger partial charge < -0.3 is 4.74 Å². The van der Waals surface area contributed by atoms with Crippen molar-refractivity contribution in [1.82, 2.24) is 0 Å². The molecule has 0 heterocycles. The van der Waals surface area contributed by atoms with Gasteiger partial charge in [0.2, 0.25) is 0 Å². The van der Waals surface area contributed by atoms with Gasteiger partial charge in [-0.1, -0.05) is 60.7 Å². The van der Waals surface area contributed by atoms with Gasteiger partial charge in [-0.25, -0.2) is 13.6 Å². The first kappa shape index (κ1) is 20.2. The molecule has 1 fully saturated rings. The number of hydrogen-bond donors (Lipinski definition) is 0. The van der Waals surface area contributed by atoms with Crippen molar-refractivity contribution >= 4 is 11.7 Å². The maximum atomic E-state index is 13.5. The maximum Gasteiger partial charge on any atom is 0.331 e. The van der Waals surface area contributed by atoms with Gasteiger partial charge in [0.1, 0.15) is 11.6 Å². The van der Waals surface area contributed by atoms with Crippen LogP contribution in [0.1, 0.15) is 44.7 Å². The van der Waals surface area contributed by atoms with Gasteiger partial charge in [0.25, 0.3) is 5.92 Å². The summed E-state index contributed by atoms with van der Waals surface area (Å²) in [6.07, 6.45) is -0.223. The molecular weight excluding hydrogens is 360 g/mol. The van der Waals surface area contributed by atoms with E-state index in [0.717, 1.165) is 11.1 Å². The molecule has 0 aromatic heterocycles. The second-order valence-corrected chi connectivity index (χ2v) is 8.16. The first-order valence-electron chi connectivity index (χ1n) is 9.45. The van der Waals surface area contributed by atoms with Gasteiger partial charge in [-0.05, 0) is 27.2 Å². The number of carbonyl (C=O) groups excluding carboxylic acids is 1. The number of esters is 1. The number of halogens is 2. The first-order chi connectivity index (χ1) is 13.2. The molecule has 2 aromatic carbocycles. The highest BCUT2D eigenvalue weighted by Gasteiger charge is 2.57. The third-order valence-corrected chi connectivity index (χ3v) is 4.52. The Morgan fingerprint density at radius 3 is 1.93 bits per heavy atom. The second kappa shape index (κ2) is 7.82. The van der Waals surface area contributed by atoms with Crippen molar-refractivity contribution in [1.29, 1.82) is 0 Å². The Bertz CT molecular complexity index is 800. The molecule has 1 aliphatic carbocycles. The molecule has 0 bridgehead atoms. The number of carbonyl (C=O) groups is 1. The third-order valence-electron chi connectivity index (χ3n) is 4.52. The van der Waals surface area contributed by atoms with Gasteiger partial charge >= 0.3 is 5.97 Å². The summed E-state index contributed by atoms with van der Waals surface area (Å²) in [6.45, 7) is 5.27. The van der Waals surface area contributed by atoms with Gasteiger partial charge in [-0.3, -0.25) is 4.99 Å². The Morgan fingerprint density at radius 1 is 1.07 bits per heavy atom. The van der Waals surface area contributed by atoms with Crippen LogP contribution in [0.5, 0.6) is 0 Å². The number of nitrogens with zero attached hydrogens (tertiary/aromatic N) is 1. The summed E-state index contributed by atoms with van der Waals surface area (Å²) in [6, 6.07) is 17.9. The molecule has 0 aliphatic heterocycles. The zero-order valence-corrected chi connectivity index (χ0v) is 16.4. The van der Waals surface area contributed by atoms with Crippen LogP contribution in [-0.4, -0.2) is 29.2 Å². The predicted octanol–water partition coefficient (Wildman–Crippen LogP) is 5.28. The van der Waals surface area contributed by atoms with E-state index in [1.165, 1.54) is 0 Å². The molecule has 0 amide bonds. The minimum atomic E-state index is -2.71. The Labute approximate surface area is 164 Å². The Morgan fingerprint density at radius 2 is 1.54 bits per heavy atom. The number of ether oxygens (including phenoxy) is 1. The molecule has 0 spiro atoms. The van der Waals surface area contributed by atoms with Crippen molar-refractivity contribution in [2.24, 2.45) is 10.9 Å². The summed E-state index contributed by atoms with van der Waals surface area (Å²) in [5.74, 6) is -4.11. The zero-order chi connectivity index (χ0) is 20.4. The largest absolute Gasteiger partial charge is 0.458 e. The Hall–Kier alpha value is -2.56. The topological polar surface area (TPSA) is 38.7 Å². The van der Waals surface area contributed by atoms with Crippen LogP contribution in [0.2, 0.25) is 0 Å². The van der Waals surface area contributed by atoms with E-state index in [9.17, 15) is 13.6 Å². The standard InChI is InChI=1S/C23H25F2NO2/c1-22(2,3)28-21(27)19(14-18-15-23(18,24)25)26-20(16-10-6-4-7-11-16)17-12-8-5-9-13-17/h4-13,18-19H,14-15H2,1-3H3. The predicted molar refractivity (Wildman–Crippen MR) is 106 cm³/mol. The average molecular weight is 385 g/mol. The minimum Gasteiger partial charge on any atom is -0.458 e. The quantitative estimate of drug-likeness (QED) is 0.501. The smallest absolute Gasteiger partial charge is 0.331 e. The van der Waals surface area contributed by atoms with Crippen molar-refractivity contribution in [2.45, 2.75) is 51.2 Å². The zero-order valence-electron chi connectivity index (χ0n) is 16.4. The molecule has 5 heteroatoms. The molecular formula is C23H25F2NO2. The fourth-order valence-electron chi connectivity index (χ4n) is 3.03. The lowest BCUT2D eigenvalue weighted by molar-refractivity contribution is -0.156. The molecule has 1 aliphatic rings. The van der Waals surface area contributed by atoms with E-state index >= 15 is 0 Å². The van der Waals surface area contributed by atoms with Gasteiger partial charge in [-0.15, -0.1) is 0 Å². The summed E-state index contributed by atoms with van der Waals surface area (Å²) in [5.41, 5.74) is 1.53. The van der Waals surface area contributed by atoms with Gasteiger partial charge in [0.05, 0.1) is 5.71 Å². The SMILES string of the molecule is CC(C)(C)OC(=O)C(CC1CC1(F)F)N=C(c1ccccc1)c1ccccc1. The highest BCUT2D eigenvalue weighted by Crippen LogP contribution is 2.51. The number of rotatable bonds is 6. The number of alkyl halides is 2. The van der Waals surface area contributed by atoms with E-state index in [1.54, 1.807) is 20.8 Å². The van der Waals surface area contributed by atoms with Crippen LogP contribution in [-0.2, 0) is 9.53 Å². The van der Waals surface area contributed by atoms with Crippen LogP contribution in [0, 0.1) is 5.92 Å².